The fraction of sp³-hybridized carbons (Fsp3) is 0.462. The average molecular weight is 235 g/mol. The first-order chi connectivity index (χ1) is 8.13. The molecule has 2 rings (SSSR count). The van der Waals surface area contributed by atoms with E-state index in [1.807, 2.05) is 17.9 Å². The molecule has 17 heavy (non-hydrogen) atoms. The van der Waals surface area contributed by atoms with Crippen LogP contribution in [-0.4, -0.2) is 29.0 Å². The molecule has 1 fully saturated rings. The van der Waals surface area contributed by atoms with E-state index in [1.54, 1.807) is 12.1 Å². The second kappa shape index (κ2) is 4.75. The van der Waals surface area contributed by atoms with Gasteiger partial charge in [-0.25, -0.2) is 4.79 Å². The number of aliphatic hydroxyl groups is 1. The Bertz CT molecular complexity index is 431. The molecule has 4 heteroatoms. The number of carbonyl (C=O) groups is 1. The number of aromatic carboxylic acids is 1. The third-order valence-electron chi connectivity index (χ3n) is 3.25. The van der Waals surface area contributed by atoms with Gasteiger partial charge in [0.25, 0.3) is 0 Å². The van der Waals surface area contributed by atoms with E-state index >= 15 is 0 Å². The first-order valence-corrected chi connectivity index (χ1v) is 5.94. The monoisotopic (exact) mass is 235 g/mol. The van der Waals surface area contributed by atoms with Gasteiger partial charge >= 0.3 is 5.97 Å². The Morgan fingerprint density at radius 2 is 2.29 bits per heavy atom. The highest BCUT2D eigenvalue weighted by atomic mass is 16.4. The summed E-state index contributed by atoms with van der Waals surface area (Å²) in [4.78, 5) is 12.9. The maximum atomic E-state index is 11.0. The van der Waals surface area contributed by atoms with Crippen molar-refractivity contribution in [3.63, 3.8) is 0 Å². The van der Waals surface area contributed by atoms with Crippen LogP contribution in [0.2, 0.25) is 0 Å². The van der Waals surface area contributed by atoms with Crippen LogP contribution in [0.4, 0.5) is 5.69 Å². The summed E-state index contributed by atoms with van der Waals surface area (Å²) < 4.78 is 0. The molecule has 0 aromatic heterocycles. The predicted octanol–water partition coefficient (Wildman–Crippen LogP) is 1.87. The lowest BCUT2D eigenvalue weighted by Gasteiger charge is -2.23. The fourth-order valence-corrected chi connectivity index (χ4v) is 2.31. The molecule has 0 spiro atoms. The lowest BCUT2D eigenvalue weighted by atomic mass is 10.0. The van der Waals surface area contributed by atoms with Gasteiger partial charge in [0.05, 0.1) is 5.56 Å². The molecule has 1 aliphatic heterocycles. The summed E-state index contributed by atoms with van der Waals surface area (Å²) in [6.45, 7) is 2.77. The van der Waals surface area contributed by atoms with Crippen molar-refractivity contribution in [3.8, 4) is 0 Å². The summed E-state index contributed by atoms with van der Waals surface area (Å²) in [5.41, 5.74) is 2.08. The van der Waals surface area contributed by atoms with Gasteiger partial charge in [0.1, 0.15) is 6.23 Å². The first kappa shape index (κ1) is 11.9. The standard InChI is InChI=1S/C13H17NO3/c1-2-9-8-10(5-6-11(9)13(16)17)14-7-3-4-12(14)15/h5-6,8,12,15H,2-4,7H2,1H3,(H,16,17). The van der Waals surface area contributed by atoms with Crippen LogP contribution >= 0.6 is 0 Å². The minimum absolute atomic E-state index is 0.352. The lowest BCUT2D eigenvalue weighted by molar-refractivity contribution is 0.0696. The zero-order valence-corrected chi connectivity index (χ0v) is 9.89. The van der Waals surface area contributed by atoms with Gasteiger partial charge in [-0.3, -0.25) is 0 Å². The minimum Gasteiger partial charge on any atom is -0.478 e. The van der Waals surface area contributed by atoms with Crippen molar-refractivity contribution in [1.82, 2.24) is 0 Å². The van der Waals surface area contributed by atoms with Crippen LogP contribution in [0.1, 0.15) is 35.7 Å². The van der Waals surface area contributed by atoms with E-state index in [-0.39, 0.29) is 0 Å². The van der Waals surface area contributed by atoms with Crippen molar-refractivity contribution >= 4 is 11.7 Å². The van der Waals surface area contributed by atoms with E-state index < -0.39 is 12.2 Å². The van der Waals surface area contributed by atoms with Crippen LogP contribution in [-0.2, 0) is 6.42 Å². The third kappa shape index (κ3) is 2.26. The van der Waals surface area contributed by atoms with Gasteiger partial charge < -0.3 is 15.1 Å². The van der Waals surface area contributed by atoms with Crippen molar-refractivity contribution in [2.24, 2.45) is 0 Å². The third-order valence-corrected chi connectivity index (χ3v) is 3.25. The van der Waals surface area contributed by atoms with Crippen LogP contribution in [0.5, 0.6) is 0 Å². The normalized spacial score (nSPS) is 19.6. The highest BCUT2D eigenvalue weighted by Crippen LogP contribution is 2.26. The number of hydrogen-bond donors (Lipinski definition) is 2. The molecular formula is C13H17NO3. The van der Waals surface area contributed by atoms with Gasteiger partial charge in [-0.1, -0.05) is 6.92 Å². The van der Waals surface area contributed by atoms with Gasteiger partial charge in [0, 0.05) is 12.2 Å². The minimum atomic E-state index is -0.893. The van der Waals surface area contributed by atoms with Crippen LogP contribution in [0.15, 0.2) is 18.2 Å². The fourth-order valence-electron chi connectivity index (χ4n) is 2.31. The van der Waals surface area contributed by atoms with E-state index in [4.69, 9.17) is 5.11 Å². The Hall–Kier alpha value is -1.55. The first-order valence-electron chi connectivity index (χ1n) is 5.94. The number of anilines is 1. The van der Waals surface area contributed by atoms with Crippen molar-refractivity contribution in [3.05, 3.63) is 29.3 Å². The zero-order valence-electron chi connectivity index (χ0n) is 9.89. The van der Waals surface area contributed by atoms with Crippen molar-refractivity contribution in [2.45, 2.75) is 32.4 Å². The quantitative estimate of drug-likeness (QED) is 0.839. The van der Waals surface area contributed by atoms with Gasteiger partial charge in [0.15, 0.2) is 0 Å². The predicted molar refractivity (Wildman–Crippen MR) is 65.4 cm³/mol. The van der Waals surface area contributed by atoms with Gasteiger partial charge in [-0.2, -0.15) is 0 Å². The number of rotatable bonds is 3. The summed E-state index contributed by atoms with van der Waals surface area (Å²) in [6, 6.07) is 5.27. The Kier molecular flexibility index (Phi) is 3.33. The van der Waals surface area contributed by atoms with E-state index in [9.17, 15) is 9.90 Å². The molecule has 4 nitrogen and oxygen atoms in total. The Labute approximate surface area is 100 Å². The molecule has 2 N–H and O–H groups in total. The molecule has 92 valence electrons. The number of hydrogen-bond acceptors (Lipinski definition) is 3. The van der Waals surface area contributed by atoms with Crippen LogP contribution in [0.3, 0.4) is 0 Å². The molecule has 1 aromatic carbocycles. The topological polar surface area (TPSA) is 60.8 Å². The molecule has 1 saturated heterocycles. The largest absolute Gasteiger partial charge is 0.478 e. The molecule has 0 amide bonds. The molecular weight excluding hydrogens is 218 g/mol. The SMILES string of the molecule is CCc1cc(N2CCCC2O)ccc1C(=O)O. The van der Waals surface area contributed by atoms with E-state index in [2.05, 4.69) is 0 Å². The number of aryl methyl sites for hydroxylation is 1. The van der Waals surface area contributed by atoms with Crippen molar-refractivity contribution in [2.75, 3.05) is 11.4 Å². The molecule has 1 aliphatic rings. The maximum Gasteiger partial charge on any atom is 0.335 e. The summed E-state index contributed by atoms with van der Waals surface area (Å²) >= 11 is 0. The summed E-state index contributed by atoms with van der Waals surface area (Å²) in [6.07, 6.45) is 2.00. The lowest BCUT2D eigenvalue weighted by Crippen LogP contribution is -2.28. The average Bonchev–Trinajstić information content (AvgIpc) is 2.74. The summed E-state index contributed by atoms with van der Waals surface area (Å²) in [7, 11) is 0. The van der Waals surface area contributed by atoms with Crippen LogP contribution in [0, 0.1) is 0 Å². The molecule has 1 atom stereocenters. The summed E-state index contributed by atoms with van der Waals surface area (Å²) in [5, 5.41) is 18.8. The maximum absolute atomic E-state index is 11.0. The molecule has 1 aromatic rings. The zero-order chi connectivity index (χ0) is 12.4. The number of carboxylic acid groups (broad SMARTS) is 1. The van der Waals surface area contributed by atoms with Crippen molar-refractivity contribution in [1.29, 1.82) is 0 Å². The smallest absolute Gasteiger partial charge is 0.335 e. The van der Waals surface area contributed by atoms with Crippen molar-refractivity contribution < 1.29 is 15.0 Å². The molecule has 0 saturated carbocycles. The van der Waals surface area contributed by atoms with Gasteiger partial charge in [-0.15, -0.1) is 0 Å². The second-order valence-corrected chi connectivity index (χ2v) is 4.32. The molecule has 0 radical (unpaired) electrons. The molecule has 0 aliphatic carbocycles. The van der Waals surface area contributed by atoms with Gasteiger partial charge in [0.2, 0.25) is 0 Å². The number of nitrogens with zero attached hydrogens (tertiary/aromatic N) is 1. The van der Waals surface area contributed by atoms with Crippen LogP contribution in [0.25, 0.3) is 0 Å². The Balaban J connectivity index is 2.34. The molecule has 1 heterocycles. The van der Waals surface area contributed by atoms with E-state index in [1.165, 1.54) is 0 Å². The number of aliphatic hydroxyl groups excluding tert-OH is 1. The number of benzene rings is 1. The van der Waals surface area contributed by atoms with Crippen LogP contribution < -0.4 is 4.90 Å². The molecule has 0 bridgehead atoms. The van der Waals surface area contributed by atoms with Gasteiger partial charge in [-0.05, 0) is 43.0 Å². The Morgan fingerprint density at radius 3 is 2.82 bits per heavy atom. The highest BCUT2D eigenvalue weighted by molar-refractivity contribution is 5.90. The Morgan fingerprint density at radius 1 is 1.53 bits per heavy atom. The van der Waals surface area contributed by atoms with E-state index in [0.717, 1.165) is 30.6 Å². The second-order valence-electron chi connectivity index (χ2n) is 4.32. The van der Waals surface area contributed by atoms with E-state index in [0.29, 0.717) is 12.0 Å². The highest BCUT2D eigenvalue weighted by Gasteiger charge is 2.23. The molecule has 1 unspecified atom stereocenters. The number of carboxylic acids is 1. The summed E-state index contributed by atoms with van der Waals surface area (Å²) in [5.74, 6) is -0.893.